The Balaban J connectivity index is 1.83. The van der Waals surface area contributed by atoms with Crippen molar-refractivity contribution in [3.05, 3.63) is 92.0 Å². The quantitative estimate of drug-likeness (QED) is 0.439. The molecule has 3 heterocycles. The number of benzene rings is 2. The first-order valence-corrected chi connectivity index (χ1v) is 10.3. The Morgan fingerprint density at radius 1 is 1.13 bits per heavy atom. The lowest BCUT2D eigenvalue weighted by Gasteiger charge is -2.22. The normalized spacial score (nSPS) is 15.5. The molecule has 2 aromatic heterocycles. The number of ketones is 1. The minimum Gasteiger partial charge on any atom is -0.450 e. The van der Waals surface area contributed by atoms with Crippen molar-refractivity contribution in [1.29, 1.82) is 0 Å². The topological polar surface area (TPSA) is 80.5 Å². The Kier molecular flexibility index (Phi) is 4.33. The number of aryl methyl sites for hydroxylation is 1. The second kappa shape index (κ2) is 6.95. The maximum absolute atomic E-state index is 14.9. The molecule has 2 aromatic carbocycles. The molecule has 0 fully saturated rings. The van der Waals surface area contributed by atoms with Crippen molar-refractivity contribution in [3.63, 3.8) is 0 Å². The van der Waals surface area contributed by atoms with Crippen molar-refractivity contribution in [2.45, 2.75) is 19.9 Å². The van der Waals surface area contributed by atoms with E-state index in [0.29, 0.717) is 16.0 Å². The zero-order valence-electron chi connectivity index (χ0n) is 16.5. The molecule has 1 aliphatic rings. The van der Waals surface area contributed by atoms with Crippen LogP contribution in [0.4, 0.5) is 9.52 Å². The molecule has 0 N–H and O–H groups in total. The summed E-state index contributed by atoms with van der Waals surface area (Å²) in [4.78, 5) is 44.8. The van der Waals surface area contributed by atoms with Crippen molar-refractivity contribution in [1.82, 2.24) is 4.98 Å². The molecule has 1 aliphatic heterocycles. The highest BCUT2D eigenvalue weighted by molar-refractivity contribution is 7.17. The Morgan fingerprint density at radius 2 is 1.84 bits per heavy atom. The minimum absolute atomic E-state index is 0.0611. The third-order valence-electron chi connectivity index (χ3n) is 5.29. The number of anilines is 1. The van der Waals surface area contributed by atoms with Crippen LogP contribution < -0.4 is 10.3 Å². The number of carbonyl (C=O) groups excluding carboxylic acids is 2. The SMILES string of the molecule is CC(=O)c1sc(N2C(=O)c3oc4ccccc4c(=O)c3C2c2ccccc2F)nc1C. The van der Waals surface area contributed by atoms with Crippen LogP contribution in [0.1, 0.15) is 50.0 Å². The Hall–Kier alpha value is -3.65. The lowest BCUT2D eigenvalue weighted by Crippen LogP contribution is -2.30. The highest BCUT2D eigenvalue weighted by Gasteiger charge is 2.46. The van der Waals surface area contributed by atoms with Crippen LogP contribution in [0.25, 0.3) is 11.0 Å². The van der Waals surface area contributed by atoms with Crippen LogP contribution in [0.5, 0.6) is 0 Å². The van der Waals surface area contributed by atoms with Crippen molar-refractivity contribution in [3.8, 4) is 0 Å². The van der Waals surface area contributed by atoms with Crippen molar-refractivity contribution in [2.24, 2.45) is 0 Å². The monoisotopic (exact) mass is 434 g/mol. The first-order chi connectivity index (χ1) is 14.9. The lowest BCUT2D eigenvalue weighted by atomic mass is 9.98. The predicted octanol–water partition coefficient (Wildman–Crippen LogP) is 4.65. The number of para-hydroxylation sites is 1. The van der Waals surface area contributed by atoms with Gasteiger partial charge in [-0.15, -0.1) is 0 Å². The van der Waals surface area contributed by atoms with E-state index in [-0.39, 0.29) is 33.4 Å². The standard InChI is InChI=1S/C23H15FN2O4S/c1-11-21(12(2)27)31-23(25-11)26-18(13-7-3-5-9-15(13)24)17-19(28)14-8-4-6-10-16(14)30-20(17)22(26)29/h3-10,18H,1-2H3. The summed E-state index contributed by atoms with van der Waals surface area (Å²) in [5, 5.41) is 0.507. The number of thiazole rings is 1. The molecule has 5 rings (SSSR count). The zero-order chi connectivity index (χ0) is 21.9. The number of Topliss-reactive ketones (excluding diaryl/α,β-unsaturated/α-hetero) is 1. The first-order valence-electron chi connectivity index (χ1n) is 9.50. The molecular formula is C23H15FN2O4S. The largest absolute Gasteiger partial charge is 0.450 e. The highest BCUT2D eigenvalue weighted by Crippen LogP contribution is 2.43. The molecule has 0 saturated heterocycles. The fraction of sp³-hybridized carbons (Fsp3) is 0.130. The maximum atomic E-state index is 14.9. The number of nitrogens with zero attached hydrogens (tertiary/aromatic N) is 2. The van der Waals surface area contributed by atoms with Gasteiger partial charge in [0, 0.05) is 12.5 Å². The molecule has 31 heavy (non-hydrogen) atoms. The third kappa shape index (κ3) is 2.83. The van der Waals surface area contributed by atoms with Gasteiger partial charge < -0.3 is 4.42 Å². The molecule has 0 saturated carbocycles. The van der Waals surface area contributed by atoms with Gasteiger partial charge in [-0.25, -0.2) is 9.37 Å². The number of amides is 1. The highest BCUT2D eigenvalue weighted by atomic mass is 32.1. The van der Waals surface area contributed by atoms with Crippen molar-refractivity contribution >= 4 is 39.1 Å². The summed E-state index contributed by atoms with van der Waals surface area (Å²) in [6.45, 7) is 3.08. The average molecular weight is 434 g/mol. The molecule has 8 heteroatoms. The summed E-state index contributed by atoms with van der Waals surface area (Å²) in [5.41, 5.74) is 0.544. The van der Waals surface area contributed by atoms with E-state index in [1.54, 1.807) is 37.3 Å². The first kappa shape index (κ1) is 19.3. The van der Waals surface area contributed by atoms with Gasteiger partial charge in [0.05, 0.1) is 21.5 Å². The van der Waals surface area contributed by atoms with Gasteiger partial charge in [-0.3, -0.25) is 19.3 Å². The molecule has 1 atom stereocenters. The summed E-state index contributed by atoms with van der Waals surface area (Å²) in [5.74, 6) is -1.50. The van der Waals surface area contributed by atoms with E-state index in [1.807, 2.05) is 0 Å². The zero-order valence-corrected chi connectivity index (χ0v) is 17.3. The van der Waals surface area contributed by atoms with E-state index < -0.39 is 23.2 Å². The van der Waals surface area contributed by atoms with Gasteiger partial charge in [0.2, 0.25) is 5.76 Å². The van der Waals surface area contributed by atoms with Gasteiger partial charge in [-0.2, -0.15) is 0 Å². The van der Waals surface area contributed by atoms with Gasteiger partial charge >= 0.3 is 0 Å². The minimum atomic E-state index is -1.06. The number of hydrogen-bond acceptors (Lipinski definition) is 6. The van der Waals surface area contributed by atoms with Gasteiger partial charge in [0.15, 0.2) is 16.3 Å². The molecule has 0 bridgehead atoms. The Labute approximate surface area is 179 Å². The van der Waals surface area contributed by atoms with Crippen LogP contribution in [0.15, 0.2) is 57.7 Å². The molecule has 1 amide bonds. The average Bonchev–Trinajstić information content (AvgIpc) is 3.26. The number of carbonyl (C=O) groups is 2. The van der Waals surface area contributed by atoms with Crippen LogP contribution >= 0.6 is 11.3 Å². The van der Waals surface area contributed by atoms with Crippen LogP contribution in [0.2, 0.25) is 0 Å². The van der Waals surface area contributed by atoms with Gasteiger partial charge in [-0.1, -0.05) is 41.7 Å². The van der Waals surface area contributed by atoms with E-state index in [0.717, 1.165) is 11.3 Å². The molecule has 6 nitrogen and oxygen atoms in total. The number of aromatic nitrogens is 1. The van der Waals surface area contributed by atoms with Crippen molar-refractivity contribution in [2.75, 3.05) is 4.90 Å². The fourth-order valence-corrected chi connectivity index (χ4v) is 4.91. The Bertz CT molecular complexity index is 1460. The second-order valence-corrected chi connectivity index (χ2v) is 8.21. The van der Waals surface area contributed by atoms with E-state index in [9.17, 15) is 18.8 Å². The summed E-state index contributed by atoms with van der Waals surface area (Å²) >= 11 is 1.03. The third-order valence-corrected chi connectivity index (χ3v) is 6.55. The lowest BCUT2D eigenvalue weighted by molar-refractivity contribution is 0.0969. The van der Waals surface area contributed by atoms with E-state index in [1.165, 1.54) is 30.0 Å². The van der Waals surface area contributed by atoms with Crippen LogP contribution in [0.3, 0.4) is 0 Å². The summed E-state index contributed by atoms with van der Waals surface area (Å²) < 4.78 is 20.7. The van der Waals surface area contributed by atoms with Crippen LogP contribution in [-0.4, -0.2) is 16.7 Å². The van der Waals surface area contributed by atoms with Gasteiger partial charge in [0.25, 0.3) is 5.91 Å². The number of fused-ring (bicyclic) bond motifs is 2. The summed E-state index contributed by atoms with van der Waals surface area (Å²) in [6.07, 6.45) is 0. The maximum Gasteiger partial charge on any atom is 0.297 e. The van der Waals surface area contributed by atoms with Gasteiger partial charge in [-0.05, 0) is 25.1 Å². The molecule has 0 radical (unpaired) electrons. The van der Waals surface area contributed by atoms with E-state index in [2.05, 4.69) is 4.98 Å². The number of rotatable bonds is 3. The van der Waals surface area contributed by atoms with E-state index in [4.69, 9.17) is 4.42 Å². The molecule has 154 valence electrons. The molecule has 4 aromatic rings. The summed E-state index contributed by atoms with van der Waals surface area (Å²) in [7, 11) is 0. The van der Waals surface area contributed by atoms with Gasteiger partial charge in [0.1, 0.15) is 17.4 Å². The molecular weight excluding hydrogens is 419 g/mol. The summed E-state index contributed by atoms with van der Waals surface area (Å²) in [6, 6.07) is 11.5. The second-order valence-electron chi connectivity index (χ2n) is 7.24. The fourth-order valence-electron chi connectivity index (χ4n) is 3.92. The van der Waals surface area contributed by atoms with E-state index >= 15 is 0 Å². The number of halogens is 1. The Morgan fingerprint density at radius 3 is 2.55 bits per heavy atom. The van der Waals surface area contributed by atoms with Crippen LogP contribution in [-0.2, 0) is 0 Å². The molecule has 0 spiro atoms. The van der Waals surface area contributed by atoms with Crippen molar-refractivity contribution < 1.29 is 18.4 Å². The molecule has 0 aliphatic carbocycles. The smallest absolute Gasteiger partial charge is 0.297 e. The number of hydrogen-bond donors (Lipinski definition) is 0. The van der Waals surface area contributed by atoms with Crippen LogP contribution in [0, 0.1) is 12.7 Å². The molecule has 1 unspecified atom stereocenters. The predicted molar refractivity (Wildman–Crippen MR) is 114 cm³/mol.